The molecular formula is C10H20N4O. The fraction of sp³-hybridized carbons (Fsp3) is 0.800. The molecule has 1 fully saturated rings. The molecule has 0 heterocycles. The molecule has 1 rings (SSSR count). The van der Waals surface area contributed by atoms with E-state index < -0.39 is 0 Å². The molecule has 15 heavy (non-hydrogen) atoms. The van der Waals surface area contributed by atoms with E-state index in [4.69, 9.17) is 17.2 Å². The monoisotopic (exact) mass is 212 g/mol. The number of Topliss-reactive ketones (excluding diaryl/α,β-unsaturated/α-hetero) is 1. The van der Waals surface area contributed by atoms with Crippen LogP contribution in [0.3, 0.4) is 0 Å². The number of aliphatic imine (C=N–C) groups is 1. The maximum atomic E-state index is 11.2. The summed E-state index contributed by atoms with van der Waals surface area (Å²) in [6, 6.07) is -0.221. The van der Waals surface area contributed by atoms with Crippen LogP contribution in [-0.2, 0) is 4.79 Å². The quantitative estimate of drug-likeness (QED) is 0.442. The molecule has 0 aromatic heterocycles. The van der Waals surface area contributed by atoms with E-state index in [1.807, 2.05) is 0 Å². The highest BCUT2D eigenvalue weighted by Crippen LogP contribution is 2.28. The van der Waals surface area contributed by atoms with Crippen LogP contribution >= 0.6 is 0 Å². The van der Waals surface area contributed by atoms with E-state index in [9.17, 15) is 4.79 Å². The lowest BCUT2D eigenvalue weighted by atomic mass is 9.80. The highest BCUT2D eigenvalue weighted by Gasteiger charge is 2.28. The van der Waals surface area contributed by atoms with Crippen molar-refractivity contribution in [1.29, 1.82) is 0 Å². The van der Waals surface area contributed by atoms with E-state index in [2.05, 4.69) is 4.99 Å². The van der Waals surface area contributed by atoms with Crippen molar-refractivity contribution in [2.45, 2.75) is 44.7 Å². The lowest BCUT2D eigenvalue weighted by Gasteiger charge is -2.29. The molecule has 5 heteroatoms. The summed E-state index contributed by atoms with van der Waals surface area (Å²) in [5.74, 6) is 0.395. The summed E-state index contributed by atoms with van der Waals surface area (Å²) in [6.07, 6.45) is 3.84. The van der Waals surface area contributed by atoms with Crippen molar-refractivity contribution in [3.63, 3.8) is 0 Å². The van der Waals surface area contributed by atoms with Crippen LogP contribution in [0.2, 0.25) is 0 Å². The Morgan fingerprint density at radius 3 is 2.60 bits per heavy atom. The number of hydrogen-bond acceptors (Lipinski definition) is 3. The van der Waals surface area contributed by atoms with Crippen LogP contribution in [0.1, 0.15) is 32.6 Å². The summed E-state index contributed by atoms with van der Waals surface area (Å²) in [4.78, 5) is 15.3. The first-order valence-electron chi connectivity index (χ1n) is 5.35. The zero-order valence-corrected chi connectivity index (χ0v) is 9.15. The van der Waals surface area contributed by atoms with Gasteiger partial charge in [0.15, 0.2) is 5.96 Å². The third-order valence-corrected chi connectivity index (χ3v) is 3.00. The number of hydrogen-bond donors (Lipinski definition) is 3. The van der Waals surface area contributed by atoms with Crippen molar-refractivity contribution >= 4 is 11.7 Å². The van der Waals surface area contributed by atoms with Crippen LogP contribution < -0.4 is 17.2 Å². The van der Waals surface area contributed by atoms with E-state index in [1.54, 1.807) is 0 Å². The Morgan fingerprint density at radius 1 is 1.40 bits per heavy atom. The Morgan fingerprint density at radius 2 is 2.07 bits per heavy atom. The molecule has 0 aliphatic heterocycles. The summed E-state index contributed by atoms with van der Waals surface area (Å²) in [7, 11) is 0. The maximum Gasteiger partial charge on any atom is 0.186 e. The molecule has 3 unspecified atom stereocenters. The average Bonchev–Trinajstić information content (AvgIpc) is 2.16. The molecule has 1 saturated carbocycles. The van der Waals surface area contributed by atoms with Crippen LogP contribution in [-0.4, -0.2) is 23.8 Å². The van der Waals surface area contributed by atoms with E-state index in [1.165, 1.54) is 6.92 Å². The van der Waals surface area contributed by atoms with Gasteiger partial charge in [-0.1, -0.05) is 6.42 Å². The second-order valence-electron chi connectivity index (χ2n) is 4.27. The molecule has 1 aliphatic carbocycles. The van der Waals surface area contributed by atoms with Gasteiger partial charge < -0.3 is 17.2 Å². The number of nitrogens with two attached hydrogens (primary N) is 3. The minimum absolute atomic E-state index is 0.0466. The summed E-state index contributed by atoms with van der Waals surface area (Å²) < 4.78 is 0. The highest BCUT2D eigenvalue weighted by molar-refractivity contribution is 5.81. The summed E-state index contributed by atoms with van der Waals surface area (Å²) in [5.41, 5.74) is 16.5. The van der Waals surface area contributed by atoms with Gasteiger partial charge in [0.2, 0.25) is 0 Å². The molecule has 5 nitrogen and oxygen atoms in total. The lowest BCUT2D eigenvalue weighted by molar-refractivity contribution is -0.119. The number of ketones is 1. The van der Waals surface area contributed by atoms with E-state index in [0.717, 1.165) is 25.7 Å². The second-order valence-corrected chi connectivity index (χ2v) is 4.27. The van der Waals surface area contributed by atoms with Crippen LogP contribution in [0.15, 0.2) is 4.99 Å². The Balaban J connectivity index is 2.56. The van der Waals surface area contributed by atoms with E-state index >= 15 is 0 Å². The second kappa shape index (κ2) is 5.11. The van der Waals surface area contributed by atoms with Gasteiger partial charge in [-0.3, -0.25) is 9.79 Å². The van der Waals surface area contributed by atoms with Crippen molar-refractivity contribution < 1.29 is 4.79 Å². The predicted octanol–water partition coefficient (Wildman–Crippen LogP) is -0.265. The average molecular weight is 212 g/mol. The molecule has 0 bridgehead atoms. The first kappa shape index (κ1) is 12.0. The minimum atomic E-state index is -0.359. The van der Waals surface area contributed by atoms with Gasteiger partial charge in [0, 0.05) is 0 Å². The van der Waals surface area contributed by atoms with Gasteiger partial charge in [0.1, 0.15) is 5.78 Å². The molecule has 0 radical (unpaired) electrons. The smallest absolute Gasteiger partial charge is 0.186 e. The van der Waals surface area contributed by atoms with Crippen molar-refractivity contribution in [3.05, 3.63) is 0 Å². The first-order chi connectivity index (χ1) is 7.00. The normalized spacial score (nSPS) is 28.1. The first-order valence-corrected chi connectivity index (χ1v) is 5.35. The zero-order chi connectivity index (χ0) is 11.4. The topological polar surface area (TPSA) is 107 Å². The van der Waals surface area contributed by atoms with E-state index in [-0.39, 0.29) is 29.7 Å². The molecule has 0 aromatic rings. The third kappa shape index (κ3) is 3.51. The molecular weight excluding hydrogens is 192 g/mol. The summed E-state index contributed by atoms with van der Waals surface area (Å²) in [5, 5.41) is 0. The van der Waals surface area contributed by atoms with Crippen LogP contribution in [0.25, 0.3) is 0 Å². The molecule has 0 amide bonds. The van der Waals surface area contributed by atoms with E-state index in [0.29, 0.717) is 0 Å². The third-order valence-electron chi connectivity index (χ3n) is 3.00. The van der Waals surface area contributed by atoms with Crippen molar-refractivity contribution in [3.8, 4) is 0 Å². The SMILES string of the molecule is CC(=O)C(N)C1CCCC(N=C(N)N)C1. The van der Waals surface area contributed by atoms with Crippen LogP contribution in [0, 0.1) is 5.92 Å². The van der Waals surface area contributed by atoms with Crippen molar-refractivity contribution in [1.82, 2.24) is 0 Å². The van der Waals surface area contributed by atoms with Crippen molar-refractivity contribution in [2.24, 2.45) is 28.1 Å². The van der Waals surface area contributed by atoms with Crippen molar-refractivity contribution in [2.75, 3.05) is 0 Å². The van der Waals surface area contributed by atoms with Gasteiger partial charge in [-0.2, -0.15) is 0 Å². The summed E-state index contributed by atoms with van der Waals surface area (Å²) in [6.45, 7) is 1.54. The fourth-order valence-corrected chi connectivity index (χ4v) is 2.19. The highest BCUT2D eigenvalue weighted by atomic mass is 16.1. The standard InChI is InChI=1S/C10H20N4O/c1-6(15)9(11)7-3-2-4-8(5-7)14-10(12)13/h7-9H,2-5,11H2,1H3,(H4,12,13,14). The largest absolute Gasteiger partial charge is 0.370 e. The molecule has 1 aliphatic rings. The van der Waals surface area contributed by atoms with Gasteiger partial charge in [-0.15, -0.1) is 0 Å². The number of carbonyl (C=O) groups is 1. The lowest BCUT2D eigenvalue weighted by Crippen LogP contribution is -2.40. The van der Waals surface area contributed by atoms with Gasteiger partial charge >= 0.3 is 0 Å². The minimum Gasteiger partial charge on any atom is -0.370 e. The number of nitrogens with zero attached hydrogens (tertiary/aromatic N) is 1. The van der Waals surface area contributed by atoms with Gasteiger partial charge in [-0.25, -0.2) is 0 Å². The molecule has 86 valence electrons. The Labute approximate surface area is 90.1 Å². The molecule has 0 saturated heterocycles. The van der Waals surface area contributed by atoms with Gasteiger partial charge in [0.05, 0.1) is 12.1 Å². The van der Waals surface area contributed by atoms with Gasteiger partial charge in [0.25, 0.3) is 0 Å². The van der Waals surface area contributed by atoms with Gasteiger partial charge in [-0.05, 0) is 32.1 Å². The Kier molecular flexibility index (Phi) is 4.08. The molecule has 6 N–H and O–H groups in total. The Hall–Kier alpha value is -1.10. The zero-order valence-electron chi connectivity index (χ0n) is 9.15. The fourth-order valence-electron chi connectivity index (χ4n) is 2.19. The predicted molar refractivity (Wildman–Crippen MR) is 60.2 cm³/mol. The van der Waals surface area contributed by atoms with Crippen LogP contribution in [0.5, 0.6) is 0 Å². The molecule has 3 atom stereocenters. The number of guanidine groups is 1. The number of rotatable bonds is 3. The molecule has 0 aromatic carbocycles. The number of carbonyl (C=O) groups excluding carboxylic acids is 1. The summed E-state index contributed by atoms with van der Waals surface area (Å²) >= 11 is 0. The Bertz CT molecular complexity index is 260. The van der Waals surface area contributed by atoms with Crippen LogP contribution in [0.4, 0.5) is 0 Å². The molecule has 0 spiro atoms. The maximum absolute atomic E-state index is 11.2.